The molecule has 0 spiro atoms. The number of hydrogen-bond donors (Lipinski definition) is 1. The highest BCUT2D eigenvalue weighted by Crippen LogP contribution is 2.36. The molecule has 0 fully saturated rings. The smallest absolute Gasteiger partial charge is 0.256 e. The van der Waals surface area contributed by atoms with Crippen LogP contribution in [0.2, 0.25) is 0 Å². The van der Waals surface area contributed by atoms with Gasteiger partial charge in [0.15, 0.2) is 0 Å². The Morgan fingerprint density at radius 2 is 2.04 bits per heavy atom. The first-order chi connectivity index (χ1) is 12.0. The van der Waals surface area contributed by atoms with Crippen LogP contribution in [0.15, 0.2) is 29.2 Å². The topological polar surface area (TPSA) is 73.2 Å². The minimum absolute atomic E-state index is 0.0250. The lowest BCUT2D eigenvalue weighted by Crippen LogP contribution is -2.33. The monoisotopic (exact) mass is 371 g/mol. The third-order valence-electron chi connectivity index (χ3n) is 4.19. The molecule has 128 valence electrons. The highest BCUT2D eigenvalue weighted by atomic mass is 32.2. The zero-order chi connectivity index (χ0) is 18.0. The normalized spacial score (nSPS) is 13.1. The molecular formula is C18H17N3O2S2. The lowest BCUT2D eigenvalue weighted by Gasteiger charge is -2.25. The van der Waals surface area contributed by atoms with Crippen LogP contribution in [0.5, 0.6) is 0 Å². The van der Waals surface area contributed by atoms with Crippen LogP contribution in [0.25, 0.3) is 0 Å². The molecular weight excluding hydrogens is 354 g/mol. The number of thioether (sulfide) groups is 1. The van der Waals surface area contributed by atoms with Gasteiger partial charge in [0.1, 0.15) is 11.1 Å². The Kier molecular flexibility index (Phi) is 5.11. The van der Waals surface area contributed by atoms with Crippen molar-refractivity contribution in [2.75, 3.05) is 18.1 Å². The molecule has 0 atom stereocenters. The molecule has 2 heterocycles. The largest absolute Gasteiger partial charge is 0.337 e. The number of nitriles is 1. The summed E-state index contributed by atoms with van der Waals surface area (Å²) in [6.45, 7) is 2.66. The van der Waals surface area contributed by atoms with Crippen molar-refractivity contribution >= 4 is 39.9 Å². The third kappa shape index (κ3) is 3.55. The maximum Gasteiger partial charge on any atom is 0.256 e. The summed E-state index contributed by atoms with van der Waals surface area (Å²) in [7, 11) is 0. The third-order valence-corrected chi connectivity index (χ3v) is 6.07. The summed E-state index contributed by atoms with van der Waals surface area (Å²) in [4.78, 5) is 27.9. The predicted octanol–water partition coefficient (Wildman–Crippen LogP) is 3.50. The molecule has 2 aromatic rings. The molecule has 1 aliphatic heterocycles. The van der Waals surface area contributed by atoms with Crippen LogP contribution in [0, 0.1) is 11.3 Å². The van der Waals surface area contributed by atoms with Crippen molar-refractivity contribution in [1.29, 1.82) is 5.26 Å². The molecule has 1 aromatic carbocycles. The van der Waals surface area contributed by atoms with E-state index in [2.05, 4.69) is 11.4 Å². The van der Waals surface area contributed by atoms with Gasteiger partial charge in [0, 0.05) is 28.8 Å². The van der Waals surface area contributed by atoms with E-state index in [1.165, 1.54) is 11.3 Å². The molecule has 3 rings (SSSR count). The zero-order valence-corrected chi connectivity index (χ0v) is 15.6. The van der Waals surface area contributed by atoms with E-state index in [-0.39, 0.29) is 11.8 Å². The van der Waals surface area contributed by atoms with Crippen molar-refractivity contribution in [2.24, 2.45) is 0 Å². The highest BCUT2D eigenvalue weighted by molar-refractivity contribution is 7.98. The zero-order valence-electron chi connectivity index (χ0n) is 14.0. The Morgan fingerprint density at radius 3 is 2.64 bits per heavy atom. The van der Waals surface area contributed by atoms with Gasteiger partial charge in [0.05, 0.1) is 12.1 Å². The van der Waals surface area contributed by atoms with Gasteiger partial charge in [-0.3, -0.25) is 9.59 Å². The van der Waals surface area contributed by atoms with E-state index in [1.807, 2.05) is 18.4 Å². The van der Waals surface area contributed by atoms with Crippen LogP contribution in [0.4, 0.5) is 5.00 Å². The summed E-state index contributed by atoms with van der Waals surface area (Å²) in [5.41, 5.74) is 2.04. The van der Waals surface area contributed by atoms with Crippen LogP contribution in [0.1, 0.15) is 33.3 Å². The Balaban J connectivity index is 1.84. The molecule has 5 nitrogen and oxygen atoms in total. The SMILES string of the molecule is CSc1ccc(C(=O)Nc2sc3c(c2C#N)CCN(C(C)=O)C3)cc1. The van der Waals surface area contributed by atoms with Gasteiger partial charge < -0.3 is 10.2 Å². The second kappa shape index (κ2) is 7.30. The van der Waals surface area contributed by atoms with Crippen LogP contribution in [0.3, 0.4) is 0 Å². The molecule has 0 radical (unpaired) electrons. The molecule has 1 aromatic heterocycles. The molecule has 0 unspecified atom stereocenters. The molecule has 0 saturated heterocycles. The first-order valence-corrected chi connectivity index (χ1v) is 9.83. The Bertz CT molecular complexity index is 866. The number of carbonyl (C=O) groups excluding carboxylic acids is 2. The molecule has 1 aliphatic rings. The molecule has 0 aliphatic carbocycles. The minimum Gasteiger partial charge on any atom is -0.337 e. The first-order valence-electron chi connectivity index (χ1n) is 7.79. The Morgan fingerprint density at radius 1 is 1.32 bits per heavy atom. The second-order valence-corrected chi connectivity index (χ2v) is 7.68. The number of nitrogens with zero attached hydrogens (tertiary/aromatic N) is 2. The molecule has 2 amide bonds. The van der Waals surface area contributed by atoms with Gasteiger partial charge >= 0.3 is 0 Å². The van der Waals surface area contributed by atoms with E-state index < -0.39 is 0 Å². The van der Waals surface area contributed by atoms with E-state index in [9.17, 15) is 14.9 Å². The number of thiophene rings is 1. The fourth-order valence-corrected chi connectivity index (χ4v) is 4.41. The van der Waals surface area contributed by atoms with E-state index in [0.29, 0.717) is 35.6 Å². The summed E-state index contributed by atoms with van der Waals surface area (Å²) < 4.78 is 0. The maximum atomic E-state index is 12.5. The molecule has 0 bridgehead atoms. The number of fused-ring (bicyclic) bond motifs is 1. The highest BCUT2D eigenvalue weighted by Gasteiger charge is 2.26. The molecule has 1 N–H and O–H groups in total. The van der Waals surface area contributed by atoms with Gasteiger partial charge in [-0.1, -0.05) is 0 Å². The molecule has 25 heavy (non-hydrogen) atoms. The lowest BCUT2D eigenvalue weighted by atomic mass is 10.0. The lowest BCUT2D eigenvalue weighted by molar-refractivity contribution is -0.129. The number of rotatable bonds is 3. The van der Waals surface area contributed by atoms with Crippen molar-refractivity contribution in [3.8, 4) is 6.07 Å². The van der Waals surface area contributed by atoms with Crippen LogP contribution in [-0.2, 0) is 17.8 Å². The minimum atomic E-state index is -0.230. The number of hydrogen-bond acceptors (Lipinski definition) is 5. The summed E-state index contributed by atoms with van der Waals surface area (Å²) in [5.74, 6) is -0.205. The van der Waals surface area contributed by atoms with Gasteiger partial charge in [0.2, 0.25) is 5.91 Å². The fourth-order valence-electron chi connectivity index (χ4n) is 2.80. The maximum absolute atomic E-state index is 12.5. The fraction of sp³-hybridized carbons (Fsp3) is 0.278. The number of nitrogens with one attached hydrogen (secondary N) is 1. The van der Waals surface area contributed by atoms with Crippen LogP contribution < -0.4 is 5.32 Å². The molecule has 7 heteroatoms. The van der Waals surface area contributed by atoms with Crippen molar-refractivity contribution < 1.29 is 9.59 Å². The van der Waals surface area contributed by atoms with Crippen molar-refractivity contribution in [3.05, 3.63) is 45.8 Å². The Hall–Kier alpha value is -2.30. The van der Waals surface area contributed by atoms with E-state index in [1.54, 1.807) is 35.7 Å². The molecule has 0 saturated carbocycles. The average molecular weight is 371 g/mol. The van der Waals surface area contributed by atoms with Gasteiger partial charge in [-0.25, -0.2) is 0 Å². The van der Waals surface area contributed by atoms with Gasteiger partial charge in [-0.2, -0.15) is 5.26 Å². The second-order valence-electron chi connectivity index (χ2n) is 5.69. The number of benzene rings is 1. The summed E-state index contributed by atoms with van der Waals surface area (Å²) in [5, 5.41) is 12.9. The van der Waals surface area contributed by atoms with Crippen molar-refractivity contribution in [1.82, 2.24) is 4.90 Å². The number of amides is 2. The van der Waals surface area contributed by atoms with Gasteiger partial charge in [-0.15, -0.1) is 23.1 Å². The summed E-state index contributed by atoms with van der Waals surface area (Å²) in [6.07, 6.45) is 2.63. The van der Waals surface area contributed by atoms with Gasteiger partial charge in [0.25, 0.3) is 5.91 Å². The predicted molar refractivity (Wildman–Crippen MR) is 100 cm³/mol. The van der Waals surface area contributed by atoms with E-state index >= 15 is 0 Å². The van der Waals surface area contributed by atoms with Crippen molar-refractivity contribution in [3.63, 3.8) is 0 Å². The summed E-state index contributed by atoms with van der Waals surface area (Å²) in [6, 6.07) is 9.56. The van der Waals surface area contributed by atoms with Crippen LogP contribution >= 0.6 is 23.1 Å². The van der Waals surface area contributed by atoms with Gasteiger partial charge in [-0.05, 0) is 42.5 Å². The van der Waals surface area contributed by atoms with Crippen LogP contribution in [-0.4, -0.2) is 29.5 Å². The standard InChI is InChI=1S/C18H17N3O2S2/c1-11(22)21-8-7-14-15(9-19)18(25-16(14)10-21)20-17(23)12-3-5-13(24-2)6-4-12/h3-6H,7-8,10H2,1-2H3,(H,20,23). The quantitative estimate of drug-likeness (QED) is 0.838. The number of carbonyl (C=O) groups is 2. The van der Waals surface area contributed by atoms with Crippen molar-refractivity contribution in [2.45, 2.75) is 24.8 Å². The number of anilines is 1. The summed E-state index contributed by atoms with van der Waals surface area (Å²) >= 11 is 3.00. The van der Waals surface area contributed by atoms with E-state index in [4.69, 9.17) is 0 Å². The first kappa shape index (κ1) is 17.5. The Labute approximate surface area is 154 Å². The average Bonchev–Trinajstić information content (AvgIpc) is 2.97. The van der Waals surface area contributed by atoms with E-state index in [0.717, 1.165) is 15.3 Å².